The average Bonchev–Trinajstić information content (AvgIpc) is 3.19. The maximum absolute atomic E-state index is 13.3. The Kier molecular flexibility index (Phi) is 4.96. The standard InChI is InChI=1S/C16H13F2N3OS2/c1-2-15-19-10(7-23-15)6-14(22)21-16-20-13(8-24-16)9-3-4-11(17)12(18)5-9/h3-5,7-8H,2,6H2,1H3,(H,20,21,22). The second kappa shape index (κ2) is 7.14. The van der Waals surface area contributed by atoms with E-state index in [2.05, 4.69) is 15.3 Å². The van der Waals surface area contributed by atoms with Crippen LogP contribution in [-0.2, 0) is 17.6 Å². The molecule has 0 radical (unpaired) electrons. The minimum absolute atomic E-state index is 0.177. The molecule has 4 nitrogen and oxygen atoms in total. The molecule has 0 fully saturated rings. The Hall–Kier alpha value is -2.19. The van der Waals surface area contributed by atoms with E-state index in [1.165, 1.54) is 28.7 Å². The second-order valence-corrected chi connectivity index (χ2v) is 6.78. The molecule has 0 aliphatic rings. The van der Waals surface area contributed by atoms with Gasteiger partial charge in [-0.15, -0.1) is 22.7 Å². The number of rotatable bonds is 5. The van der Waals surface area contributed by atoms with E-state index in [4.69, 9.17) is 0 Å². The Bertz CT molecular complexity index is 876. The zero-order chi connectivity index (χ0) is 17.1. The molecule has 124 valence electrons. The number of nitrogens with one attached hydrogen (secondary N) is 1. The van der Waals surface area contributed by atoms with Gasteiger partial charge in [-0.1, -0.05) is 6.92 Å². The Labute approximate surface area is 145 Å². The van der Waals surface area contributed by atoms with Gasteiger partial charge >= 0.3 is 0 Å². The highest BCUT2D eigenvalue weighted by atomic mass is 32.1. The van der Waals surface area contributed by atoms with Gasteiger partial charge in [-0.2, -0.15) is 0 Å². The van der Waals surface area contributed by atoms with Crippen LogP contribution in [0.1, 0.15) is 17.6 Å². The minimum atomic E-state index is -0.929. The van der Waals surface area contributed by atoms with E-state index in [1.54, 1.807) is 5.38 Å². The van der Waals surface area contributed by atoms with Crippen LogP contribution < -0.4 is 5.32 Å². The van der Waals surface area contributed by atoms with Gasteiger partial charge in [-0.3, -0.25) is 4.79 Å². The van der Waals surface area contributed by atoms with Crippen LogP contribution in [-0.4, -0.2) is 15.9 Å². The molecule has 1 aromatic carbocycles. The lowest BCUT2D eigenvalue weighted by Crippen LogP contribution is -2.14. The van der Waals surface area contributed by atoms with Gasteiger partial charge in [-0.25, -0.2) is 18.7 Å². The third-order valence-electron chi connectivity index (χ3n) is 3.21. The van der Waals surface area contributed by atoms with E-state index >= 15 is 0 Å². The largest absolute Gasteiger partial charge is 0.302 e. The van der Waals surface area contributed by atoms with E-state index in [0.29, 0.717) is 16.4 Å². The molecule has 3 rings (SSSR count). The number of halogens is 2. The van der Waals surface area contributed by atoms with Crippen LogP contribution >= 0.6 is 22.7 Å². The summed E-state index contributed by atoms with van der Waals surface area (Å²) in [6.07, 6.45) is 1.02. The van der Waals surface area contributed by atoms with Crippen molar-refractivity contribution in [1.29, 1.82) is 0 Å². The van der Waals surface area contributed by atoms with E-state index in [9.17, 15) is 13.6 Å². The predicted octanol–water partition coefficient (Wildman–Crippen LogP) is 4.29. The summed E-state index contributed by atoms with van der Waals surface area (Å²) in [6, 6.07) is 3.58. The molecule has 0 saturated heterocycles. The minimum Gasteiger partial charge on any atom is -0.302 e. The highest BCUT2D eigenvalue weighted by Gasteiger charge is 2.12. The van der Waals surface area contributed by atoms with E-state index in [-0.39, 0.29) is 12.3 Å². The number of carbonyl (C=O) groups is 1. The smallest absolute Gasteiger partial charge is 0.232 e. The van der Waals surface area contributed by atoms with Crippen molar-refractivity contribution in [3.8, 4) is 11.3 Å². The highest BCUT2D eigenvalue weighted by Crippen LogP contribution is 2.26. The van der Waals surface area contributed by atoms with Crippen molar-refractivity contribution in [2.45, 2.75) is 19.8 Å². The summed E-state index contributed by atoms with van der Waals surface area (Å²) in [5, 5.41) is 7.65. The van der Waals surface area contributed by atoms with Crippen molar-refractivity contribution in [3.63, 3.8) is 0 Å². The van der Waals surface area contributed by atoms with Crippen LogP contribution in [0.4, 0.5) is 13.9 Å². The van der Waals surface area contributed by atoms with Gasteiger partial charge < -0.3 is 5.32 Å². The third kappa shape index (κ3) is 3.82. The van der Waals surface area contributed by atoms with E-state index < -0.39 is 11.6 Å². The number of thiazole rings is 2. The first-order chi connectivity index (χ1) is 11.5. The topological polar surface area (TPSA) is 54.9 Å². The second-order valence-electron chi connectivity index (χ2n) is 4.98. The SMILES string of the molecule is CCc1nc(CC(=O)Nc2nc(-c3ccc(F)c(F)c3)cs2)cs1. The van der Waals surface area contributed by atoms with E-state index in [0.717, 1.165) is 29.3 Å². The van der Waals surface area contributed by atoms with Crippen molar-refractivity contribution < 1.29 is 13.6 Å². The molecule has 0 aliphatic carbocycles. The van der Waals surface area contributed by atoms with Gasteiger partial charge in [0, 0.05) is 16.3 Å². The molecule has 0 bridgehead atoms. The summed E-state index contributed by atoms with van der Waals surface area (Å²) in [5.74, 6) is -2.05. The predicted molar refractivity (Wildman–Crippen MR) is 91.3 cm³/mol. The molecule has 3 aromatic rings. The van der Waals surface area contributed by atoms with Crippen LogP contribution in [0.5, 0.6) is 0 Å². The maximum atomic E-state index is 13.3. The molecule has 0 saturated carbocycles. The fraction of sp³-hybridized carbons (Fsp3) is 0.188. The summed E-state index contributed by atoms with van der Waals surface area (Å²) in [6.45, 7) is 2.01. The first-order valence-corrected chi connectivity index (χ1v) is 8.95. The highest BCUT2D eigenvalue weighted by molar-refractivity contribution is 7.14. The third-order valence-corrected chi connectivity index (χ3v) is 5.01. The summed E-state index contributed by atoms with van der Waals surface area (Å²) in [5.41, 5.74) is 1.67. The fourth-order valence-corrected chi connectivity index (χ4v) is 3.52. The number of hydrogen-bond donors (Lipinski definition) is 1. The summed E-state index contributed by atoms with van der Waals surface area (Å²) in [7, 11) is 0. The summed E-state index contributed by atoms with van der Waals surface area (Å²) < 4.78 is 26.3. The molecule has 0 atom stereocenters. The number of aryl methyl sites for hydroxylation is 1. The van der Waals surface area contributed by atoms with Crippen molar-refractivity contribution in [2.24, 2.45) is 0 Å². The van der Waals surface area contributed by atoms with Gasteiger partial charge in [-0.05, 0) is 24.6 Å². The van der Waals surface area contributed by atoms with Crippen LogP contribution in [0.3, 0.4) is 0 Å². The van der Waals surface area contributed by atoms with Crippen molar-refractivity contribution in [1.82, 2.24) is 9.97 Å². The number of benzene rings is 1. The molecule has 0 spiro atoms. The van der Waals surface area contributed by atoms with Crippen LogP contribution in [0.15, 0.2) is 29.0 Å². The Morgan fingerprint density at radius 3 is 2.71 bits per heavy atom. The van der Waals surface area contributed by atoms with Crippen LogP contribution in [0, 0.1) is 11.6 Å². The van der Waals surface area contributed by atoms with Gasteiger partial charge in [0.05, 0.1) is 22.8 Å². The number of carbonyl (C=O) groups excluding carboxylic acids is 1. The van der Waals surface area contributed by atoms with Crippen molar-refractivity contribution >= 4 is 33.7 Å². The van der Waals surface area contributed by atoms with Gasteiger partial charge in [0.25, 0.3) is 0 Å². The van der Waals surface area contributed by atoms with Crippen LogP contribution in [0.25, 0.3) is 11.3 Å². The molecule has 24 heavy (non-hydrogen) atoms. The number of amides is 1. The van der Waals surface area contributed by atoms with Crippen molar-refractivity contribution in [3.05, 3.63) is 51.3 Å². The fourth-order valence-electron chi connectivity index (χ4n) is 2.04. The Balaban J connectivity index is 1.66. The zero-order valence-corrected chi connectivity index (χ0v) is 14.3. The normalized spacial score (nSPS) is 10.8. The lowest BCUT2D eigenvalue weighted by atomic mass is 10.2. The Morgan fingerprint density at radius 2 is 2.00 bits per heavy atom. The maximum Gasteiger partial charge on any atom is 0.232 e. The van der Waals surface area contributed by atoms with Gasteiger partial charge in [0.2, 0.25) is 5.91 Å². The molecule has 1 amide bonds. The quantitative estimate of drug-likeness (QED) is 0.734. The molecular weight excluding hydrogens is 352 g/mol. The molecular formula is C16H13F2N3OS2. The molecule has 2 aromatic heterocycles. The number of aromatic nitrogens is 2. The molecule has 1 N–H and O–H groups in total. The van der Waals surface area contributed by atoms with Crippen molar-refractivity contribution in [2.75, 3.05) is 5.32 Å². The lowest BCUT2D eigenvalue weighted by molar-refractivity contribution is -0.115. The van der Waals surface area contributed by atoms with Gasteiger partial charge in [0.15, 0.2) is 16.8 Å². The lowest BCUT2D eigenvalue weighted by Gasteiger charge is -2.00. The average molecular weight is 365 g/mol. The summed E-state index contributed by atoms with van der Waals surface area (Å²) >= 11 is 2.76. The first kappa shape index (κ1) is 16.7. The monoisotopic (exact) mass is 365 g/mol. The zero-order valence-electron chi connectivity index (χ0n) is 12.7. The molecule has 0 unspecified atom stereocenters. The molecule has 8 heteroatoms. The van der Waals surface area contributed by atoms with Crippen LogP contribution in [0.2, 0.25) is 0 Å². The summed E-state index contributed by atoms with van der Waals surface area (Å²) in [4.78, 5) is 20.6. The van der Waals surface area contributed by atoms with Gasteiger partial charge in [0.1, 0.15) is 0 Å². The Morgan fingerprint density at radius 1 is 1.17 bits per heavy atom. The molecule has 0 aliphatic heterocycles. The number of hydrogen-bond acceptors (Lipinski definition) is 5. The number of anilines is 1. The first-order valence-electron chi connectivity index (χ1n) is 7.19. The van der Waals surface area contributed by atoms with E-state index in [1.807, 2.05) is 12.3 Å². The number of nitrogens with zero attached hydrogens (tertiary/aromatic N) is 2. The molecule has 2 heterocycles.